The third kappa shape index (κ3) is 5.01. The summed E-state index contributed by atoms with van der Waals surface area (Å²) in [7, 11) is 0. The lowest BCUT2D eigenvalue weighted by Gasteiger charge is -2.34. The number of nitrogens with zero attached hydrogens (tertiary/aromatic N) is 2. The molecule has 236 valence electrons. The zero-order valence-corrected chi connectivity index (χ0v) is 29.0. The Balaban J connectivity index is 1.38. The molecule has 0 aliphatic heterocycles. The van der Waals surface area contributed by atoms with E-state index in [1.54, 1.807) is 0 Å². The van der Waals surface area contributed by atoms with Crippen molar-refractivity contribution in [3.8, 4) is 5.69 Å². The largest absolute Gasteiger partial charge is 0.313 e. The van der Waals surface area contributed by atoms with Gasteiger partial charge in [-0.25, -0.2) is 0 Å². The van der Waals surface area contributed by atoms with E-state index < -0.39 is 0 Å². The first-order valence-corrected chi connectivity index (χ1v) is 17.4. The molecule has 6 aromatic rings. The normalized spacial score (nSPS) is 17.0. The van der Waals surface area contributed by atoms with Crippen LogP contribution in [0.1, 0.15) is 82.3 Å². The van der Waals surface area contributed by atoms with Gasteiger partial charge in [-0.2, -0.15) is 0 Å². The van der Waals surface area contributed by atoms with Crippen LogP contribution in [0.5, 0.6) is 0 Å². The molecule has 2 heteroatoms. The molecule has 0 bridgehead atoms. The SMILES string of the molecule is Cc1ccc2c(c1)c1ccccc1n2-c1cc(C2=CC(n3c4c(c5ccccc53)C=CCC4)=CC(C(C)(C)C)C2)cc(C(C)(C)C)c1. The first-order valence-electron chi connectivity index (χ1n) is 17.4. The smallest absolute Gasteiger partial charge is 0.0541 e. The first-order chi connectivity index (χ1) is 22.5. The summed E-state index contributed by atoms with van der Waals surface area (Å²) in [6, 6.07) is 32.1. The minimum Gasteiger partial charge on any atom is -0.313 e. The quantitative estimate of drug-likeness (QED) is 0.188. The Morgan fingerprint density at radius 2 is 1.40 bits per heavy atom. The fourth-order valence-corrected chi connectivity index (χ4v) is 7.87. The molecule has 1 atom stereocenters. The second-order valence-corrected chi connectivity index (χ2v) is 16.0. The zero-order chi connectivity index (χ0) is 32.7. The van der Waals surface area contributed by atoms with Crippen LogP contribution in [0.2, 0.25) is 0 Å². The molecule has 0 saturated heterocycles. The Hall–Kier alpha value is -4.56. The maximum atomic E-state index is 2.58. The van der Waals surface area contributed by atoms with E-state index in [9.17, 15) is 0 Å². The third-order valence-electron chi connectivity index (χ3n) is 10.6. The average Bonchev–Trinajstić information content (AvgIpc) is 3.56. The summed E-state index contributed by atoms with van der Waals surface area (Å²) in [6.45, 7) is 16.4. The molecule has 0 N–H and O–H groups in total. The maximum absolute atomic E-state index is 2.58. The first kappa shape index (κ1) is 29.8. The predicted molar refractivity (Wildman–Crippen MR) is 203 cm³/mol. The summed E-state index contributed by atoms with van der Waals surface area (Å²) in [4.78, 5) is 0. The number of fused-ring (bicyclic) bond motifs is 6. The molecule has 0 saturated carbocycles. The topological polar surface area (TPSA) is 9.86 Å². The molecule has 2 aromatic heterocycles. The summed E-state index contributed by atoms with van der Waals surface area (Å²) in [5.74, 6) is 0.409. The molecule has 47 heavy (non-hydrogen) atoms. The fourth-order valence-electron chi connectivity index (χ4n) is 7.87. The standard InChI is InChI=1S/C45H46N2/c1-29-20-21-43-39(22-29)38-16-10-13-19-42(38)47(43)35-26-31(24-33(28-35)45(5,6)7)30-23-32(44(2,3)4)27-34(25-30)46-40-17-11-8-14-36(40)37-15-9-12-18-41(37)46/h8-11,13-17,19-22,24-28,32H,12,18,23H2,1-7H3. The van der Waals surface area contributed by atoms with Gasteiger partial charge in [-0.05, 0) is 102 Å². The van der Waals surface area contributed by atoms with Crippen LogP contribution in [0.15, 0.2) is 103 Å². The Morgan fingerprint density at radius 3 is 2.15 bits per heavy atom. The monoisotopic (exact) mass is 614 g/mol. The molecule has 2 nitrogen and oxygen atoms in total. The molecule has 1 unspecified atom stereocenters. The lowest BCUT2D eigenvalue weighted by molar-refractivity contribution is 0.297. The molecule has 0 amide bonds. The van der Waals surface area contributed by atoms with E-state index in [0.717, 1.165) is 19.3 Å². The van der Waals surface area contributed by atoms with Crippen LogP contribution in [0.3, 0.4) is 0 Å². The van der Waals surface area contributed by atoms with Gasteiger partial charge in [-0.15, -0.1) is 0 Å². The number of benzene rings is 4. The summed E-state index contributed by atoms with van der Waals surface area (Å²) in [5.41, 5.74) is 14.7. The summed E-state index contributed by atoms with van der Waals surface area (Å²) < 4.78 is 5.07. The molecule has 0 spiro atoms. The zero-order valence-electron chi connectivity index (χ0n) is 29.0. The van der Waals surface area contributed by atoms with E-state index in [0.29, 0.717) is 5.92 Å². The van der Waals surface area contributed by atoms with Gasteiger partial charge in [-0.3, -0.25) is 0 Å². The number of aryl methyl sites for hydroxylation is 1. The van der Waals surface area contributed by atoms with Gasteiger partial charge in [-0.1, -0.05) is 114 Å². The van der Waals surface area contributed by atoms with Crippen molar-refractivity contribution in [3.63, 3.8) is 0 Å². The molecule has 0 radical (unpaired) electrons. The minimum atomic E-state index is -0.000525. The molecular formula is C45H46N2. The second kappa shape index (κ2) is 10.7. The van der Waals surface area contributed by atoms with E-state index in [1.165, 1.54) is 77.6 Å². The summed E-state index contributed by atoms with van der Waals surface area (Å²) >= 11 is 0. The molecule has 2 heterocycles. The fraction of sp³-hybridized carbons (Fsp3) is 0.289. The second-order valence-electron chi connectivity index (χ2n) is 16.0. The Labute approximate surface area is 279 Å². The summed E-state index contributed by atoms with van der Waals surface area (Å²) in [5, 5.41) is 3.98. The molecule has 4 aromatic carbocycles. The molecule has 8 rings (SSSR count). The van der Waals surface area contributed by atoms with Crippen molar-refractivity contribution in [1.82, 2.24) is 9.13 Å². The Kier molecular flexibility index (Phi) is 6.81. The van der Waals surface area contributed by atoms with Crippen LogP contribution in [0, 0.1) is 18.3 Å². The van der Waals surface area contributed by atoms with Gasteiger partial charge in [0, 0.05) is 38.8 Å². The molecule has 2 aliphatic carbocycles. The van der Waals surface area contributed by atoms with Crippen molar-refractivity contribution >= 4 is 50.1 Å². The van der Waals surface area contributed by atoms with Gasteiger partial charge in [0.1, 0.15) is 0 Å². The number of rotatable bonds is 3. The highest BCUT2D eigenvalue weighted by atomic mass is 15.0. The van der Waals surface area contributed by atoms with Crippen LogP contribution in [-0.2, 0) is 11.8 Å². The Bertz CT molecular complexity index is 2300. The molecule has 0 fully saturated rings. The van der Waals surface area contributed by atoms with Crippen LogP contribution in [0.4, 0.5) is 0 Å². The lowest BCUT2D eigenvalue weighted by atomic mass is 9.73. The Morgan fingerprint density at radius 1 is 0.702 bits per heavy atom. The van der Waals surface area contributed by atoms with Crippen molar-refractivity contribution in [2.75, 3.05) is 0 Å². The third-order valence-corrected chi connectivity index (χ3v) is 10.6. The van der Waals surface area contributed by atoms with E-state index >= 15 is 0 Å². The molecule has 2 aliphatic rings. The van der Waals surface area contributed by atoms with E-state index in [4.69, 9.17) is 0 Å². The predicted octanol–water partition coefficient (Wildman–Crippen LogP) is 12.3. The number of hydrogen-bond acceptors (Lipinski definition) is 0. The van der Waals surface area contributed by atoms with E-state index in [2.05, 4.69) is 167 Å². The van der Waals surface area contributed by atoms with Crippen molar-refractivity contribution in [2.24, 2.45) is 11.3 Å². The summed E-state index contributed by atoms with van der Waals surface area (Å²) in [6.07, 6.45) is 12.9. The highest BCUT2D eigenvalue weighted by Gasteiger charge is 2.30. The number of aromatic nitrogens is 2. The van der Waals surface area contributed by atoms with Crippen LogP contribution < -0.4 is 0 Å². The van der Waals surface area contributed by atoms with Gasteiger partial charge in [0.15, 0.2) is 0 Å². The number of para-hydroxylation sites is 2. The van der Waals surface area contributed by atoms with Crippen molar-refractivity contribution in [2.45, 2.75) is 73.1 Å². The highest BCUT2D eigenvalue weighted by molar-refractivity contribution is 6.09. The number of allylic oxidation sites excluding steroid dienone is 5. The highest BCUT2D eigenvalue weighted by Crippen LogP contribution is 2.44. The number of hydrogen-bond donors (Lipinski definition) is 0. The van der Waals surface area contributed by atoms with Crippen molar-refractivity contribution in [3.05, 3.63) is 131 Å². The van der Waals surface area contributed by atoms with Gasteiger partial charge < -0.3 is 9.13 Å². The van der Waals surface area contributed by atoms with Crippen LogP contribution in [0.25, 0.3) is 55.7 Å². The maximum Gasteiger partial charge on any atom is 0.0541 e. The van der Waals surface area contributed by atoms with Crippen LogP contribution >= 0.6 is 0 Å². The van der Waals surface area contributed by atoms with Gasteiger partial charge in [0.2, 0.25) is 0 Å². The van der Waals surface area contributed by atoms with Crippen molar-refractivity contribution in [1.29, 1.82) is 0 Å². The van der Waals surface area contributed by atoms with Gasteiger partial charge in [0.25, 0.3) is 0 Å². The van der Waals surface area contributed by atoms with Gasteiger partial charge >= 0.3 is 0 Å². The van der Waals surface area contributed by atoms with Gasteiger partial charge in [0.05, 0.1) is 16.6 Å². The molecular weight excluding hydrogens is 569 g/mol. The van der Waals surface area contributed by atoms with Crippen molar-refractivity contribution < 1.29 is 0 Å². The van der Waals surface area contributed by atoms with E-state index in [1.807, 2.05) is 0 Å². The minimum absolute atomic E-state index is 0.000525. The average molecular weight is 615 g/mol. The van der Waals surface area contributed by atoms with Crippen LogP contribution in [-0.4, -0.2) is 9.13 Å². The lowest BCUT2D eigenvalue weighted by Crippen LogP contribution is -2.22. The van der Waals surface area contributed by atoms with E-state index in [-0.39, 0.29) is 10.8 Å².